The zero-order valence-corrected chi connectivity index (χ0v) is 11.4. The van der Waals surface area contributed by atoms with Gasteiger partial charge in [-0.3, -0.25) is 0 Å². The molecular formula is C15H21N3O. The van der Waals surface area contributed by atoms with Crippen molar-refractivity contribution in [2.24, 2.45) is 0 Å². The Morgan fingerprint density at radius 1 is 1.42 bits per heavy atom. The van der Waals surface area contributed by atoms with Gasteiger partial charge in [0.25, 0.3) is 0 Å². The maximum absolute atomic E-state index is 9.79. The van der Waals surface area contributed by atoms with Crippen molar-refractivity contribution in [1.29, 1.82) is 0 Å². The Bertz CT molecular complexity index is 564. The largest absolute Gasteiger partial charge is 0.504 e. The maximum atomic E-state index is 9.79. The number of likely N-dealkylation sites (N-methyl/N-ethyl adjacent to an activating group) is 1. The van der Waals surface area contributed by atoms with Crippen LogP contribution in [0.4, 0.5) is 0 Å². The van der Waals surface area contributed by atoms with Gasteiger partial charge in [-0.25, -0.2) is 4.98 Å². The summed E-state index contributed by atoms with van der Waals surface area (Å²) in [5.74, 6) is 0.254. The third kappa shape index (κ3) is 2.45. The maximum Gasteiger partial charge on any atom is 0.179 e. The van der Waals surface area contributed by atoms with Gasteiger partial charge >= 0.3 is 0 Å². The van der Waals surface area contributed by atoms with Gasteiger partial charge in [0.1, 0.15) is 0 Å². The highest BCUT2D eigenvalue weighted by atomic mass is 16.3. The SMILES string of the molecule is CCN1CCCCC1Cc1cn2cccc(O)c2n1. The molecule has 0 bridgehead atoms. The lowest BCUT2D eigenvalue weighted by atomic mass is 9.98. The Morgan fingerprint density at radius 3 is 3.11 bits per heavy atom. The van der Waals surface area contributed by atoms with E-state index in [2.05, 4.69) is 16.8 Å². The molecule has 0 spiro atoms. The Hall–Kier alpha value is -1.55. The summed E-state index contributed by atoms with van der Waals surface area (Å²) in [7, 11) is 0. The number of piperidine rings is 1. The highest BCUT2D eigenvalue weighted by molar-refractivity contribution is 5.53. The summed E-state index contributed by atoms with van der Waals surface area (Å²) >= 11 is 0. The zero-order valence-electron chi connectivity index (χ0n) is 11.4. The Kier molecular flexibility index (Phi) is 3.42. The van der Waals surface area contributed by atoms with Crippen molar-refractivity contribution in [3.05, 3.63) is 30.2 Å². The van der Waals surface area contributed by atoms with E-state index in [1.807, 2.05) is 22.9 Å². The highest BCUT2D eigenvalue weighted by Crippen LogP contribution is 2.22. The molecule has 0 radical (unpaired) electrons. The Balaban J connectivity index is 1.82. The number of rotatable bonds is 3. The van der Waals surface area contributed by atoms with Crippen molar-refractivity contribution in [1.82, 2.24) is 14.3 Å². The molecule has 19 heavy (non-hydrogen) atoms. The first-order valence-electron chi connectivity index (χ1n) is 7.17. The van der Waals surface area contributed by atoms with Gasteiger partial charge < -0.3 is 14.4 Å². The van der Waals surface area contributed by atoms with Crippen LogP contribution >= 0.6 is 0 Å². The topological polar surface area (TPSA) is 40.8 Å². The molecule has 3 heterocycles. The fraction of sp³-hybridized carbons (Fsp3) is 0.533. The monoisotopic (exact) mass is 259 g/mol. The number of imidazole rings is 1. The average molecular weight is 259 g/mol. The molecule has 1 aliphatic rings. The molecule has 102 valence electrons. The van der Waals surface area contributed by atoms with E-state index in [0.717, 1.165) is 18.7 Å². The molecule has 3 rings (SSSR count). The normalized spacial score (nSPS) is 21.0. The summed E-state index contributed by atoms with van der Waals surface area (Å²) in [6.45, 7) is 4.55. The van der Waals surface area contributed by atoms with Crippen LogP contribution in [0.25, 0.3) is 5.65 Å². The van der Waals surface area contributed by atoms with Crippen LogP contribution in [0.1, 0.15) is 31.9 Å². The molecule has 1 aliphatic heterocycles. The summed E-state index contributed by atoms with van der Waals surface area (Å²) < 4.78 is 1.91. The number of aromatic nitrogens is 2. The first kappa shape index (κ1) is 12.5. The predicted molar refractivity (Wildman–Crippen MR) is 75.4 cm³/mol. The van der Waals surface area contributed by atoms with Gasteiger partial charge in [0.05, 0.1) is 5.69 Å². The predicted octanol–water partition coefficient (Wildman–Crippen LogP) is 2.46. The summed E-state index contributed by atoms with van der Waals surface area (Å²) in [4.78, 5) is 7.11. The van der Waals surface area contributed by atoms with Gasteiger partial charge in [-0.05, 0) is 38.1 Å². The summed E-state index contributed by atoms with van der Waals surface area (Å²) in [6.07, 6.45) is 8.85. The van der Waals surface area contributed by atoms with Gasteiger partial charge in [0.15, 0.2) is 11.4 Å². The molecule has 1 fully saturated rings. The molecule has 2 aromatic rings. The van der Waals surface area contributed by atoms with E-state index in [-0.39, 0.29) is 5.75 Å². The van der Waals surface area contributed by atoms with Crippen molar-refractivity contribution in [3.63, 3.8) is 0 Å². The molecule has 4 heteroatoms. The smallest absolute Gasteiger partial charge is 0.179 e. The summed E-state index contributed by atoms with van der Waals surface area (Å²) in [5, 5.41) is 9.79. The number of hydrogen-bond donors (Lipinski definition) is 1. The van der Waals surface area contributed by atoms with Gasteiger partial charge in [0, 0.05) is 24.9 Å². The van der Waals surface area contributed by atoms with Crippen LogP contribution in [-0.4, -0.2) is 38.5 Å². The van der Waals surface area contributed by atoms with Crippen molar-refractivity contribution in [2.75, 3.05) is 13.1 Å². The average Bonchev–Trinajstić information content (AvgIpc) is 2.83. The summed E-state index contributed by atoms with van der Waals surface area (Å²) in [6, 6.07) is 4.13. The van der Waals surface area contributed by atoms with Crippen molar-refractivity contribution >= 4 is 5.65 Å². The van der Waals surface area contributed by atoms with Gasteiger partial charge in [-0.15, -0.1) is 0 Å². The molecule has 4 nitrogen and oxygen atoms in total. The molecule has 2 aromatic heterocycles. The van der Waals surface area contributed by atoms with Crippen LogP contribution in [0.15, 0.2) is 24.5 Å². The first-order valence-corrected chi connectivity index (χ1v) is 7.17. The second-order valence-corrected chi connectivity index (χ2v) is 5.34. The van der Waals surface area contributed by atoms with Gasteiger partial charge in [0.2, 0.25) is 0 Å². The minimum atomic E-state index is 0.254. The minimum Gasteiger partial charge on any atom is -0.504 e. The van der Waals surface area contributed by atoms with E-state index in [4.69, 9.17) is 0 Å². The molecule has 0 aliphatic carbocycles. The lowest BCUT2D eigenvalue weighted by Gasteiger charge is -2.34. The number of aromatic hydroxyl groups is 1. The number of nitrogens with zero attached hydrogens (tertiary/aromatic N) is 3. The zero-order chi connectivity index (χ0) is 13.2. The van der Waals surface area contributed by atoms with Crippen molar-refractivity contribution < 1.29 is 5.11 Å². The second-order valence-electron chi connectivity index (χ2n) is 5.34. The number of hydrogen-bond acceptors (Lipinski definition) is 3. The molecule has 0 aromatic carbocycles. The van der Waals surface area contributed by atoms with Crippen LogP contribution in [0.5, 0.6) is 5.75 Å². The quantitative estimate of drug-likeness (QED) is 0.920. The molecule has 1 atom stereocenters. The molecule has 0 saturated carbocycles. The molecule has 0 amide bonds. The van der Waals surface area contributed by atoms with E-state index >= 15 is 0 Å². The van der Waals surface area contributed by atoms with E-state index in [1.54, 1.807) is 6.07 Å². The molecule has 1 N–H and O–H groups in total. The Labute approximate surface area is 113 Å². The van der Waals surface area contributed by atoms with E-state index in [1.165, 1.54) is 25.8 Å². The van der Waals surface area contributed by atoms with Crippen LogP contribution in [0.3, 0.4) is 0 Å². The van der Waals surface area contributed by atoms with Crippen LogP contribution in [0.2, 0.25) is 0 Å². The third-order valence-electron chi connectivity index (χ3n) is 4.11. The second kappa shape index (κ2) is 5.21. The van der Waals surface area contributed by atoms with Crippen molar-refractivity contribution in [2.45, 2.75) is 38.6 Å². The number of fused-ring (bicyclic) bond motifs is 1. The lowest BCUT2D eigenvalue weighted by molar-refractivity contribution is 0.155. The molecule has 1 unspecified atom stereocenters. The van der Waals surface area contributed by atoms with Gasteiger partial charge in [-0.2, -0.15) is 0 Å². The van der Waals surface area contributed by atoms with E-state index in [0.29, 0.717) is 11.7 Å². The van der Waals surface area contributed by atoms with Crippen molar-refractivity contribution in [3.8, 4) is 5.75 Å². The first-order chi connectivity index (χ1) is 9.28. The number of pyridine rings is 1. The van der Waals surface area contributed by atoms with E-state index in [9.17, 15) is 5.11 Å². The molecule has 1 saturated heterocycles. The summed E-state index contributed by atoms with van der Waals surface area (Å²) in [5.41, 5.74) is 1.74. The van der Waals surface area contributed by atoms with Gasteiger partial charge in [-0.1, -0.05) is 13.3 Å². The highest BCUT2D eigenvalue weighted by Gasteiger charge is 2.22. The minimum absolute atomic E-state index is 0.254. The van der Waals surface area contributed by atoms with Crippen LogP contribution in [-0.2, 0) is 6.42 Å². The third-order valence-corrected chi connectivity index (χ3v) is 4.11. The number of likely N-dealkylation sites (tertiary alicyclic amines) is 1. The van der Waals surface area contributed by atoms with Crippen LogP contribution < -0.4 is 0 Å². The van der Waals surface area contributed by atoms with E-state index < -0.39 is 0 Å². The molecular weight excluding hydrogens is 238 g/mol. The fourth-order valence-electron chi connectivity index (χ4n) is 3.10. The van der Waals surface area contributed by atoms with Crippen LogP contribution in [0, 0.1) is 0 Å². The standard InChI is InChI=1S/C15H21N3O/c1-2-17-8-4-3-6-13(17)10-12-11-18-9-5-7-14(19)15(18)16-12/h5,7,9,11,13,19H,2-4,6,8,10H2,1H3. The Morgan fingerprint density at radius 2 is 2.32 bits per heavy atom. The lowest BCUT2D eigenvalue weighted by Crippen LogP contribution is -2.40. The fourth-order valence-corrected chi connectivity index (χ4v) is 3.10.